The highest BCUT2D eigenvalue weighted by Crippen LogP contribution is 2.46. The molecular formula is C42H27NS2. The molecule has 0 saturated heterocycles. The van der Waals surface area contributed by atoms with Gasteiger partial charge in [-0.3, -0.25) is 0 Å². The predicted octanol–water partition coefficient (Wildman–Crippen LogP) is 13.1. The molecule has 0 atom stereocenters. The number of nitrogens with zero attached hydrogens (tertiary/aromatic N) is 1. The molecule has 1 aliphatic rings. The summed E-state index contributed by atoms with van der Waals surface area (Å²) in [5.41, 5.74) is 8.78. The molecule has 0 N–H and O–H groups in total. The van der Waals surface area contributed by atoms with Crippen LogP contribution in [-0.4, -0.2) is 4.57 Å². The zero-order chi connectivity index (χ0) is 29.5. The molecule has 10 rings (SSSR count). The molecule has 0 spiro atoms. The van der Waals surface area contributed by atoms with Crippen molar-refractivity contribution in [2.45, 2.75) is 12.8 Å². The molecule has 45 heavy (non-hydrogen) atoms. The molecule has 0 saturated carbocycles. The summed E-state index contributed by atoms with van der Waals surface area (Å²) in [6.07, 6.45) is 9.15. The third kappa shape index (κ3) is 3.84. The number of hydrogen-bond donors (Lipinski definition) is 0. The van der Waals surface area contributed by atoms with E-state index in [1.807, 2.05) is 22.7 Å². The van der Waals surface area contributed by atoms with Gasteiger partial charge in [0.15, 0.2) is 0 Å². The Hall–Kier alpha value is -4.96. The van der Waals surface area contributed by atoms with E-state index in [1.54, 1.807) is 0 Å². The lowest BCUT2D eigenvalue weighted by molar-refractivity contribution is 1.02. The first-order valence-corrected chi connectivity index (χ1v) is 17.2. The molecule has 212 valence electrons. The lowest BCUT2D eigenvalue weighted by atomic mass is 9.98. The van der Waals surface area contributed by atoms with Gasteiger partial charge in [0.2, 0.25) is 0 Å². The number of benzene rings is 6. The smallest absolute Gasteiger partial charge is 0.0541 e. The molecule has 1 nitrogen and oxygen atoms in total. The molecule has 0 amide bonds. The topological polar surface area (TPSA) is 4.93 Å². The van der Waals surface area contributed by atoms with Crippen LogP contribution in [0.15, 0.2) is 140 Å². The minimum absolute atomic E-state index is 1.08. The van der Waals surface area contributed by atoms with Gasteiger partial charge < -0.3 is 4.57 Å². The van der Waals surface area contributed by atoms with Gasteiger partial charge in [-0.1, -0.05) is 78.9 Å². The molecule has 0 aliphatic heterocycles. The molecular weight excluding hydrogens is 583 g/mol. The Bertz CT molecular complexity index is 2700. The van der Waals surface area contributed by atoms with E-state index in [4.69, 9.17) is 0 Å². The van der Waals surface area contributed by atoms with Crippen LogP contribution in [0.25, 0.3) is 90.1 Å². The van der Waals surface area contributed by atoms with Crippen LogP contribution in [0, 0.1) is 0 Å². The predicted molar refractivity (Wildman–Crippen MR) is 199 cm³/mol. The summed E-state index contributed by atoms with van der Waals surface area (Å²) in [6.45, 7) is 0. The van der Waals surface area contributed by atoms with Gasteiger partial charge in [0.1, 0.15) is 0 Å². The summed E-state index contributed by atoms with van der Waals surface area (Å²) in [5.74, 6) is 0. The maximum Gasteiger partial charge on any atom is 0.0541 e. The van der Waals surface area contributed by atoms with Crippen molar-refractivity contribution in [3.63, 3.8) is 0 Å². The van der Waals surface area contributed by atoms with Gasteiger partial charge in [-0.2, -0.15) is 0 Å². The minimum Gasteiger partial charge on any atom is -0.310 e. The van der Waals surface area contributed by atoms with Gasteiger partial charge in [0.25, 0.3) is 0 Å². The van der Waals surface area contributed by atoms with Gasteiger partial charge >= 0.3 is 0 Å². The fourth-order valence-electron chi connectivity index (χ4n) is 7.32. The Morgan fingerprint density at radius 1 is 0.444 bits per heavy atom. The first-order chi connectivity index (χ1) is 22.3. The Kier molecular flexibility index (Phi) is 5.51. The van der Waals surface area contributed by atoms with Crippen molar-refractivity contribution in [1.29, 1.82) is 0 Å². The van der Waals surface area contributed by atoms with Crippen molar-refractivity contribution >= 4 is 90.5 Å². The highest BCUT2D eigenvalue weighted by Gasteiger charge is 2.17. The summed E-state index contributed by atoms with van der Waals surface area (Å²) in [5, 5.41) is 8.10. The van der Waals surface area contributed by atoms with Crippen LogP contribution in [0.3, 0.4) is 0 Å². The van der Waals surface area contributed by atoms with Gasteiger partial charge in [0.05, 0.1) is 11.0 Å². The second-order valence-electron chi connectivity index (χ2n) is 12.0. The van der Waals surface area contributed by atoms with Crippen molar-refractivity contribution < 1.29 is 0 Å². The van der Waals surface area contributed by atoms with Gasteiger partial charge in [-0.05, 0) is 95.8 Å². The number of thiophene rings is 2. The van der Waals surface area contributed by atoms with E-state index >= 15 is 0 Å². The number of allylic oxidation sites excluding steroid dienone is 4. The fraction of sp³-hybridized carbons (Fsp3) is 0.0476. The first-order valence-electron chi connectivity index (χ1n) is 15.6. The van der Waals surface area contributed by atoms with Gasteiger partial charge in [-0.25, -0.2) is 0 Å². The van der Waals surface area contributed by atoms with Crippen molar-refractivity contribution in [3.05, 3.63) is 140 Å². The monoisotopic (exact) mass is 609 g/mol. The number of aromatic nitrogens is 1. The van der Waals surface area contributed by atoms with Crippen molar-refractivity contribution in [2.24, 2.45) is 0 Å². The van der Waals surface area contributed by atoms with Crippen LogP contribution in [0.1, 0.15) is 12.8 Å². The van der Waals surface area contributed by atoms with E-state index in [0.29, 0.717) is 0 Å². The summed E-state index contributed by atoms with van der Waals surface area (Å²) >= 11 is 3.80. The summed E-state index contributed by atoms with van der Waals surface area (Å²) in [6, 6.07) is 45.3. The van der Waals surface area contributed by atoms with Gasteiger partial charge in [0, 0.05) is 56.8 Å². The van der Waals surface area contributed by atoms with E-state index in [2.05, 4.69) is 144 Å². The van der Waals surface area contributed by atoms with Crippen LogP contribution in [0.5, 0.6) is 0 Å². The third-order valence-corrected chi connectivity index (χ3v) is 11.7. The maximum absolute atomic E-state index is 2.45. The molecule has 0 fully saturated rings. The number of fused-ring (bicyclic) bond motifs is 10. The van der Waals surface area contributed by atoms with Crippen LogP contribution < -0.4 is 0 Å². The standard InChI is InChI=1S/C42H27NS2/c1-3-9-26(10-4-1)27-15-18-35-32(23-27)33-24-28(16-19-36(33)43(35)30-11-5-2-6-12-30)29-17-20-38-34(25-29)42-40(45-38)22-21-39-41(42)31-13-7-8-14-37(31)44-39/h1,3-5,7-25H,2,6H2. The average Bonchev–Trinajstić information content (AvgIpc) is 3.77. The molecule has 3 heterocycles. The molecule has 3 heteroatoms. The quantitative estimate of drug-likeness (QED) is 0.188. The van der Waals surface area contributed by atoms with E-state index in [0.717, 1.165) is 12.8 Å². The summed E-state index contributed by atoms with van der Waals surface area (Å²) in [7, 11) is 0. The number of rotatable bonds is 3. The normalized spacial score (nSPS) is 13.6. The van der Waals surface area contributed by atoms with Crippen molar-refractivity contribution in [1.82, 2.24) is 4.57 Å². The second kappa shape index (κ2) is 9.77. The fourth-order valence-corrected chi connectivity index (χ4v) is 9.53. The third-order valence-electron chi connectivity index (χ3n) is 9.41. The largest absolute Gasteiger partial charge is 0.310 e. The lowest BCUT2D eigenvalue weighted by Gasteiger charge is -2.12. The van der Waals surface area contributed by atoms with E-state index in [-0.39, 0.29) is 0 Å². The van der Waals surface area contributed by atoms with E-state index in [9.17, 15) is 0 Å². The lowest BCUT2D eigenvalue weighted by Crippen LogP contribution is -1.97. The SMILES string of the molecule is C1=CC(n2c3ccc(-c4ccccc4)cc3c3cc(-c4ccc5sc6ccc7sc8ccccc8c7c6c5c4)ccc32)=CCC1. The van der Waals surface area contributed by atoms with Crippen LogP contribution in [0.2, 0.25) is 0 Å². The Labute approximate surface area is 268 Å². The Morgan fingerprint density at radius 2 is 1.02 bits per heavy atom. The first kappa shape index (κ1) is 25.4. The zero-order valence-corrected chi connectivity index (χ0v) is 26.1. The highest BCUT2D eigenvalue weighted by molar-refractivity contribution is 7.28. The molecule has 0 unspecified atom stereocenters. The molecule has 9 aromatic rings. The molecule has 0 bridgehead atoms. The molecule has 3 aromatic heterocycles. The maximum atomic E-state index is 2.45. The average molecular weight is 610 g/mol. The van der Waals surface area contributed by atoms with E-state index < -0.39 is 0 Å². The summed E-state index contributed by atoms with van der Waals surface area (Å²) in [4.78, 5) is 0. The van der Waals surface area contributed by atoms with Crippen LogP contribution in [0.4, 0.5) is 0 Å². The molecule has 0 radical (unpaired) electrons. The van der Waals surface area contributed by atoms with Crippen LogP contribution in [-0.2, 0) is 0 Å². The van der Waals surface area contributed by atoms with Crippen LogP contribution >= 0.6 is 22.7 Å². The minimum atomic E-state index is 1.08. The van der Waals surface area contributed by atoms with Crippen molar-refractivity contribution in [3.8, 4) is 22.3 Å². The Morgan fingerprint density at radius 3 is 1.73 bits per heavy atom. The second-order valence-corrected chi connectivity index (χ2v) is 14.2. The Balaban J connectivity index is 1.22. The zero-order valence-electron chi connectivity index (χ0n) is 24.5. The van der Waals surface area contributed by atoms with E-state index in [1.165, 1.54) is 90.1 Å². The number of hydrogen-bond acceptors (Lipinski definition) is 2. The summed E-state index contributed by atoms with van der Waals surface area (Å²) < 4.78 is 7.88. The molecule has 1 aliphatic carbocycles. The van der Waals surface area contributed by atoms with Gasteiger partial charge in [-0.15, -0.1) is 22.7 Å². The molecule has 6 aromatic carbocycles. The van der Waals surface area contributed by atoms with Crippen molar-refractivity contribution in [2.75, 3.05) is 0 Å². The highest BCUT2D eigenvalue weighted by atomic mass is 32.1.